The minimum absolute atomic E-state index is 0.400. The van der Waals surface area contributed by atoms with Crippen LogP contribution in [0.25, 0.3) is 0 Å². The summed E-state index contributed by atoms with van der Waals surface area (Å²) < 4.78 is 0. The first-order valence-corrected chi connectivity index (χ1v) is 8.44. The zero-order valence-corrected chi connectivity index (χ0v) is 13.6. The predicted octanol–water partition coefficient (Wildman–Crippen LogP) is 5.25. The number of benzene rings is 1. The van der Waals surface area contributed by atoms with Crippen LogP contribution in [0.4, 0.5) is 0 Å². The maximum Gasteiger partial charge on any atom is 0.0308 e. The standard InChI is InChI=1S/C18H25NS/c1-4-5-6-16-7-9-17(10-8-16)15(3)19-13-18-14(2)11-12-20-18/h7-12,15,19H,4-6,13H2,1-3H3. The molecule has 0 aliphatic carbocycles. The van der Waals surface area contributed by atoms with Crippen molar-refractivity contribution in [2.45, 2.75) is 52.6 Å². The quantitative estimate of drug-likeness (QED) is 0.733. The molecule has 0 spiro atoms. The van der Waals surface area contributed by atoms with E-state index in [2.05, 4.69) is 61.8 Å². The summed E-state index contributed by atoms with van der Waals surface area (Å²) in [4.78, 5) is 1.44. The molecule has 0 aliphatic rings. The third kappa shape index (κ3) is 4.19. The normalized spacial score (nSPS) is 12.6. The van der Waals surface area contributed by atoms with Crippen LogP contribution in [-0.2, 0) is 13.0 Å². The van der Waals surface area contributed by atoms with Gasteiger partial charge in [0, 0.05) is 17.5 Å². The van der Waals surface area contributed by atoms with Crippen molar-refractivity contribution in [1.82, 2.24) is 5.32 Å². The Hall–Kier alpha value is -1.12. The Morgan fingerprint density at radius 3 is 2.50 bits per heavy atom. The monoisotopic (exact) mass is 287 g/mol. The molecule has 1 atom stereocenters. The van der Waals surface area contributed by atoms with Crippen LogP contribution in [0.15, 0.2) is 35.7 Å². The van der Waals surface area contributed by atoms with Crippen molar-refractivity contribution in [1.29, 1.82) is 0 Å². The lowest BCUT2D eigenvalue weighted by Gasteiger charge is -2.14. The van der Waals surface area contributed by atoms with Crippen molar-refractivity contribution >= 4 is 11.3 Å². The molecule has 0 radical (unpaired) electrons. The van der Waals surface area contributed by atoms with E-state index in [0.717, 1.165) is 6.54 Å². The van der Waals surface area contributed by atoms with Gasteiger partial charge >= 0.3 is 0 Å². The van der Waals surface area contributed by atoms with Gasteiger partial charge in [0.05, 0.1) is 0 Å². The zero-order chi connectivity index (χ0) is 14.4. The summed E-state index contributed by atoms with van der Waals surface area (Å²) in [6.45, 7) is 7.62. The Morgan fingerprint density at radius 2 is 1.90 bits per heavy atom. The Balaban J connectivity index is 1.88. The highest BCUT2D eigenvalue weighted by Crippen LogP contribution is 2.19. The third-order valence-corrected chi connectivity index (χ3v) is 4.86. The van der Waals surface area contributed by atoms with E-state index in [0.29, 0.717) is 6.04 Å². The van der Waals surface area contributed by atoms with Gasteiger partial charge < -0.3 is 5.32 Å². The molecule has 1 heterocycles. The third-order valence-electron chi connectivity index (χ3n) is 3.84. The number of aryl methyl sites for hydroxylation is 2. The first kappa shape index (κ1) is 15.3. The Bertz CT molecular complexity index is 512. The summed E-state index contributed by atoms with van der Waals surface area (Å²) in [5, 5.41) is 5.78. The molecule has 0 saturated heterocycles. The molecule has 2 aromatic rings. The van der Waals surface area contributed by atoms with Crippen LogP contribution in [-0.4, -0.2) is 0 Å². The minimum atomic E-state index is 0.400. The highest BCUT2D eigenvalue weighted by molar-refractivity contribution is 7.10. The lowest BCUT2D eigenvalue weighted by Crippen LogP contribution is -2.17. The van der Waals surface area contributed by atoms with Crippen molar-refractivity contribution in [2.75, 3.05) is 0 Å². The number of unbranched alkanes of at least 4 members (excludes halogenated alkanes) is 1. The van der Waals surface area contributed by atoms with Crippen LogP contribution in [0, 0.1) is 6.92 Å². The summed E-state index contributed by atoms with van der Waals surface area (Å²) in [6, 6.07) is 11.7. The summed E-state index contributed by atoms with van der Waals surface area (Å²) in [7, 11) is 0. The first-order valence-electron chi connectivity index (χ1n) is 7.56. The van der Waals surface area contributed by atoms with Crippen LogP contribution in [0.2, 0.25) is 0 Å². The van der Waals surface area contributed by atoms with E-state index in [4.69, 9.17) is 0 Å². The minimum Gasteiger partial charge on any atom is -0.305 e. The van der Waals surface area contributed by atoms with Gasteiger partial charge in [-0.1, -0.05) is 37.6 Å². The van der Waals surface area contributed by atoms with Gasteiger partial charge in [-0.25, -0.2) is 0 Å². The number of hydrogen-bond donors (Lipinski definition) is 1. The maximum absolute atomic E-state index is 3.62. The molecule has 1 aromatic heterocycles. The molecule has 0 aliphatic heterocycles. The van der Waals surface area contributed by atoms with Crippen LogP contribution in [0.3, 0.4) is 0 Å². The molecular weight excluding hydrogens is 262 g/mol. The number of thiophene rings is 1. The van der Waals surface area contributed by atoms with Gasteiger partial charge in [0.25, 0.3) is 0 Å². The van der Waals surface area contributed by atoms with Crippen molar-refractivity contribution in [3.63, 3.8) is 0 Å². The van der Waals surface area contributed by atoms with Gasteiger partial charge in [-0.15, -0.1) is 11.3 Å². The first-order chi connectivity index (χ1) is 9.70. The predicted molar refractivity (Wildman–Crippen MR) is 89.4 cm³/mol. The van der Waals surface area contributed by atoms with Gasteiger partial charge in [-0.3, -0.25) is 0 Å². The average molecular weight is 287 g/mol. The SMILES string of the molecule is CCCCc1ccc(C(C)NCc2sccc2C)cc1. The largest absolute Gasteiger partial charge is 0.305 e. The van der Waals surface area contributed by atoms with E-state index in [9.17, 15) is 0 Å². The van der Waals surface area contributed by atoms with Crippen molar-refractivity contribution < 1.29 is 0 Å². The van der Waals surface area contributed by atoms with E-state index in [1.54, 1.807) is 0 Å². The molecule has 0 saturated carbocycles. The molecule has 108 valence electrons. The van der Waals surface area contributed by atoms with Crippen LogP contribution in [0.1, 0.15) is 54.3 Å². The van der Waals surface area contributed by atoms with Crippen LogP contribution >= 0.6 is 11.3 Å². The van der Waals surface area contributed by atoms with Gasteiger partial charge in [0.2, 0.25) is 0 Å². The fraction of sp³-hybridized carbons (Fsp3) is 0.444. The molecule has 1 nitrogen and oxygen atoms in total. The molecule has 1 unspecified atom stereocenters. The molecule has 20 heavy (non-hydrogen) atoms. The second-order valence-corrected chi connectivity index (χ2v) is 6.48. The molecule has 1 aromatic carbocycles. The summed E-state index contributed by atoms with van der Waals surface area (Å²) in [5.74, 6) is 0. The molecule has 2 rings (SSSR count). The zero-order valence-electron chi connectivity index (χ0n) is 12.8. The Morgan fingerprint density at radius 1 is 1.15 bits per heavy atom. The van der Waals surface area contributed by atoms with Gasteiger partial charge in [-0.2, -0.15) is 0 Å². The molecule has 0 amide bonds. The summed E-state index contributed by atoms with van der Waals surface area (Å²) in [5.41, 5.74) is 4.22. The molecular formula is C18H25NS. The fourth-order valence-electron chi connectivity index (χ4n) is 2.30. The Kier molecular flexibility index (Phi) is 5.81. The molecule has 2 heteroatoms. The number of nitrogens with one attached hydrogen (secondary N) is 1. The van der Waals surface area contributed by atoms with E-state index in [-0.39, 0.29) is 0 Å². The summed E-state index contributed by atoms with van der Waals surface area (Å²) >= 11 is 1.84. The maximum atomic E-state index is 3.62. The van der Waals surface area contributed by atoms with Crippen LogP contribution in [0.5, 0.6) is 0 Å². The summed E-state index contributed by atoms with van der Waals surface area (Å²) in [6.07, 6.45) is 3.75. The van der Waals surface area contributed by atoms with Gasteiger partial charge in [-0.05, 0) is 54.8 Å². The topological polar surface area (TPSA) is 12.0 Å². The second kappa shape index (κ2) is 7.61. The van der Waals surface area contributed by atoms with Gasteiger partial charge in [0.1, 0.15) is 0 Å². The fourth-order valence-corrected chi connectivity index (χ4v) is 3.16. The number of rotatable bonds is 7. The van der Waals surface area contributed by atoms with Crippen LogP contribution < -0.4 is 5.32 Å². The van der Waals surface area contributed by atoms with Gasteiger partial charge in [0.15, 0.2) is 0 Å². The Labute approximate surface area is 127 Å². The van der Waals surface area contributed by atoms with Crippen molar-refractivity contribution in [3.8, 4) is 0 Å². The number of hydrogen-bond acceptors (Lipinski definition) is 2. The highest BCUT2D eigenvalue weighted by Gasteiger charge is 2.06. The molecule has 0 fully saturated rings. The average Bonchev–Trinajstić information content (AvgIpc) is 2.88. The van der Waals surface area contributed by atoms with Crippen molar-refractivity contribution in [2.24, 2.45) is 0 Å². The van der Waals surface area contributed by atoms with E-state index >= 15 is 0 Å². The smallest absolute Gasteiger partial charge is 0.0308 e. The van der Waals surface area contributed by atoms with E-state index < -0.39 is 0 Å². The van der Waals surface area contributed by atoms with Crippen molar-refractivity contribution in [3.05, 3.63) is 57.3 Å². The van der Waals surface area contributed by atoms with E-state index in [1.165, 1.54) is 40.8 Å². The second-order valence-electron chi connectivity index (χ2n) is 5.47. The molecule has 0 bridgehead atoms. The van der Waals surface area contributed by atoms with E-state index in [1.807, 2.05) is 11.3 Å². The highest BCUT2D eigenvalue weighted by atomic mass is 32.1. The lowest BCUT2D eigenvalue weighted by atomic mass is 10.0. The molecule has 1 N–H and O–H groups in total. The lowest BCUT2D eigenvalue weighted by molar-refractivity contribution is 0.577.